The molecule has 1 aromatic carbocycles. The minimum absolute atomic E-state index is 0.287. The van der Waals surface area contributed by atoms with E-state index in [9.17, 15) is 14.9 Å². The molecule has 2 aromatic heterocycles. The van der Waals surface area contributed by atoms with Crippen molar-refractivity contribution in [3.8, 4) is 5.75 Å². The van der Waals surface area contributed by atoms with E-state index in [1.807, 2.05) is 32.9 Å². The minimum atomic E-state index is -0.591. The predicted molar refractivity (Wildman–Crippen MR) is 111 cm³/mol. The lowest BCUT2D eigenvalue weighted by atomic mass is 9.92. The highest BCUT2D eigenvalue weighted by atomic mass is 16.6. The molecule has 0 atom stereocenters. The van der Waals surface area contributed by atoms with Gasteiger partial charge in [-0.2, -0.15) is 0 Å². The summed E-state index contributed by atoms with van der Waals surface area (Å²) in [5.74, 6) is 0.152. The Labute approximate surface area is 167 Å². The fourth-order valence-electron chi connectivity index (χ4n) is 3.99. The molecule has 0 unspecified atom stereocenters. The summed E-state index contributed by atoms with van der Waals surface area (Å²) >= 11 is 0. The average molecular weight is 397 g/mol. The van der Waals surface area contributed by atoms with Crippen LogP contribution < -0.4 is 10.4 Å². The first-order chi connectivity index (χ1) is 13.8. The number of ether oxygens (including phenoxy) is 1. The zero-order chi connectivity index (χ0) is 20.9. The standard InChI is InChI=1S/C22H23NO6/c1-5-7-12-13(8-6-2)21(24)28-19-15-11-16(23(25)26)27-18(15)14-9-10-22(3,4)29-20(14)17(12)19/h9-11H,5-8H2,1-4H3. The minimum Gasteiger partial charge on any atom is -0.482 e. The van der Waals surface area contributed by atoms with Gasteiger partial charge in [0, 0.05) is 5.56 Å². The van der Waals surface area contributed by atoms with Gasteiger partial charge < -0.3 is 13.6 Å². The van der Waals surface area contributed by atoms with Crippen molar-refractivity contribution in [1.29, 1.82) is 0 Å². The van der Waals surface area contributed by atoms with Gasteiger partial charge in [-0.05, 0) is 44.4 Å². The van der Waals surface area contributed by atoms with E-state index in [2.05, 4.69) is 6.92 Å². The van der Waals surface area contributed by atoms with Crippen molar-refractivity contribution in [1.82, 2.24) is 0 Å². The SMILES string of the molecule is CCCc1c(CCC)c2c3c(c4oc([N+](=O)[O-])cc4c2oc1=O)C=CC(C)(C)O3. The third-order valence-electron chi connectivity index (χ3n) is 5.21. The van der Waals surface area contributed by atoms with Crippen LogP contribution in [0.5, 0.6) is 5.75 Å². The van der Waals surface area contributed by atoms with Gasteiger partial charge in [-0.15, -0.1) is 0 Å². The fraction of sp³-hybridized carbons (Fsp3) is 0.409. The van der Waals surface area contributed by atoms with Gasteiger partial charge in [0.25, 0.3) is 0 Å². The fourth-order valence-corrected chi connectivity index (χ4v) is 3.99. The molecule has 1 aliphatic heterocycles. The average Bonchev–Trinajstić information content (AvgIpc) is 3.09. The van der Waals surface area contributed by atoms with Crippen LogP contribution in [0.25, 0.3) is 28.0 Å². The quantitative estimate of drug-likeness (QED) is 0.319. The summed E-state index contributed by atoms with van der Waals surface area (Å²) in [4.78, 5) is 23.5. The first-order valence-electron chi connectivity index (χ1n) is 9.88. The van der Waals surface area contributed by atoms with Gasteiger partial charge in [0.05, 0.1) is 22.4 Å². The Balaban J connectivity index is 2.24. The summed E-state index contributed by atoms with van der Waals surface area (Å²) in [6.45, 7) is 7.92. The topological polar surface area (TPSA) is 95.7 Å². The van der Waals surface area contributed by atoms with Gasteiger partial charge in [-0.3, -0.25) is 10.1 Å². The van der Waals surface area contributed by atoms with Crippen LogP contribution in [0.1, 0.15) is 57.2 Å². The number of rotatable bonds is 5. The largest absolute Gasteiger partial charge is 0.482 e. The highest BCUT2D eigenvalue weighted by molar-refractivity contribution is 6.12. The van der Waals surface area contributed by atoms with Gasteiger partial charge in [-0.25, -0.2) is 4.79 Å². The Kier molecular flexibility index (Phi) is 4.48. The van der Waals surface area contributed by atoms with E-state index in [0.717, 1.165) is 18.4 Å². The van der Waals surface area contributed by atoms with Crippen LogP contribution in [0.4, 0.5) is 5.88 Å². The first kappa shape index (κ1) is 19.2. The van der Waals surface area contributed by atoms with Gasteiger partial charge in [0.15, 0.2) is 11.2 Å². The van der Waals surface area contributed by atoms with E-state index in [1.54, 1.807) is 0 Å². The molecule has 0 saturated carbocycles. The Morgan fingerprint density at radius 3 is 2.41 bits per heavy atom. The molecule has 3 aromatic rings. The molecule has 152 valence electrons. The van der Waals surface area contributed by atoms with Crippen molar-refractivity contribution in [3.05, 3.63) is 49.4 Å². The van der Waals surface area contributed by atoms with Crippen LogP contribution in [0.3, 0.4) is 0 Å². The monoisotopic (exact) mass is 397 g/mol. The second kappa shape index (κ2) is 6.76. The molecule has 7 nitrogen and oxygen atoms in total. The summed E-state index contributed by atoms with van der Waals surface area (Å²) in [7, 11) is 0. The Morgan fingerprint density at radius 1 is 1.07 bits per heavy atom. The van der Waals surface area contributed by atoms with E-state index < -0.39 is 22.0 Å². The van der Waals surface area contributed by atoms with E-state index in [-0.39, 0.29) is 5.58 Å². The molecule has 0 fully saturated rings. The molecule has 0 saturated heterocycles. The van der Waals surface area contributed by atoms with E-state index in [4.69, 9.17) is 13.6 Å². The van der Waals surface area contributed by atoms with Crippen LogP contribution in [0.2, 0.25) is 0 Å². The lowest BCUT2D eigenvalue weighted by Crippen LogP contribution is -2.28. The maximum Gasteiger partial charge on any atom is 0.434 e. The summed E-state index contributed by atoms with van der Waals surface area (Å²) in [5, 5.41) is 12.4. The molecule has 3 heterocycles. The Bertz CT molecular complexity index is 1230. The van der Waals surface area contributed by atoms with Gasteiger partial charge in [0.2, 0.25) is 0 Å². The highest BCUT2D eigenvalue weighted by Gasteiger charge is 2.32. The number of hydrogen-bond acceptors (Lipinski definition) is 6. The van der Waals surface area contributed by atoms with Crippen molar-refractivity contribution >= 4 is 33.9 Å². The van der Waals surface area contributed by atoms with Crippen LogP contribution in [-0.4, -0.2) is 10.5 Å². The summed E-state index contributed by atoms with van der Waals surface area (Å²) in [6, 6.07) is 1.32. The molecule has 0 bridgehead atoms. The van der Waals surface area contributed by atoms with Gasteiger partial charge >= 0.3 is 11.5 Å². The third kappa shape index (κ3) is 3.01. The molecule has 0 amide bonds. The number of fused-ring (bicyclic) bond motifs is 6. The molecule has 1 aliphatic rings. The van der Waals surface area contributed by atoms with Crippen LogP contribution in [0, 0.1) is 10.1 Å². The molecule has 0 radical (unpaired) electrons. The highest BCUT2D eigenvalue weighted by Crippen LogP contribution is 2.46. The van der Waals surface area contributed by atoms with Crippen LogP contribution in [-0.2, 0) is 12.8 Å². The van der Waals surface area contributed by atoms with Crippen molar-refractivity contribution < 1.29 is 18.5 Å². The molecular formula is C22H23NO6. The van der Waals surface area contributed by atoms with Crippen molar-refractivity contribution in [2.45, 2.75) is 59.0 Å². The second-order valence-electron chi connectivity index (χ2n) is 7.92. The van der Waals surface area contributed by atoms with E-state index in [0.29, 0.717) is 46.1 Å². The number of nitrogens with zero attached hydrogens (tertiary/aromatic N) is 1. The number of benzene rings is 1. The summed E-state index contributed by atoms with van der Waals surface area (Å²) < 4.78 is 17.6. The number of nitro groups is 1. The third-order valence-corrected chi connectivity index (χ3v) is 5.21. The van der Waals surface area contributed by atoms with E-state index >= 15 is 0 Å². The van der Waals surface area contributed by atoms with Crippen molar-refractivity contribution in [3.63, 3.8) is 0 Å². The molecule has 0 spiro atoms. The van der Waals surface area contributed by atoms with Gasteiger partial charge in [-0.1, -0.05) is 26.7 Å². The smallest absolute Gasteiger partial charge is 0.434 e. The summed E-state index contributed by atoms with van der Waals surface area (Å²) in [6.07, 6.45) is 6.69. The molecule has 0 aliphatic carbocycles. The number of aryl methyl sites for hydroxylation is 1. The van der Waals surface area contributed by atoms with Crippen LogP contribution in [0.15, 0.2) is 25.8 Å². The lowest BCUT2D eigenvalue weighted by Gasteiger charge is -2.29. The first-order valence-corrected chi connectivity index (χ1v) is 9.88. The zero-order valence-electron chi connectivity index (χ0n) is 17.0. The Hall–Kier alpha value is -3.09. The molecule has 0 N–H and O–H groups in total. The summed E-state index contributed by atoms with van der Waals surface area (Å²) in [5.41, 5.74) is 1.78. The van der Waals surface area contributed by atoms with Crippen LogP contribution >= 0.6 is 0 Å². The number of hydrogen-bond donors (Lipinski definition) is 0. The Morgan fingerprint density at radius 2 is 1.76 bits per heavy atom. The van der Waals surface area contributed by atoms with Gasteiger partial charge in [0.1, 0.15) is 16.3 Å². The normalized spacial score (nSPS) is 14.9. The molecular weight excluding hydrogens is 374 g/mol. The molecule has 4 rings (SSSR count). The maximum atomic E-state index is 12.8. The van der Waals surface area contributed by atoms with E-state index in [1.165, 1.54) is 6.07 Å². The molecule has 7 heteroatoms. The zero-order valence-corrected chi connectivity index (χ0v) is 17.0. The second-order valence-corrected chi connectivity index (χ2v) is 7.92. The lowest BCUT2D eigenvalue weighted by molar-refractivity contribution is -0.401. The van der Waals surface area contributed by atoms with Crippen molar-refractivity contribution in [2.24, 2.45) is 0 Å². The maximum absolute atomic E-state index is 12.8. The van der Waals surface area contributed by atoms with Crippen molar-refractivity contribution in [2.75, 3.05) is 0 Å². The number of furan rings is 1. The molecule has 29 heavy (non-hydrogen) atoms. The predicted octanol–water partition coefficient (Wildman–Crippen LogP) is 5.54.